The van der Waals surface area contributed by atoms with Crippen molar-refractivity contribution in [1.29, 1.82) is 0 Å². The van der Waals surface area contributed by atoms with Crippen molar-refractivity contribution in [3.05, 3.63) is 143 Å². The first kappa shape index (κ1) is 27.7. The number of carbonyl (C=O) groups excluding carboxylic acids is 1. The molecule has 0 aliphatic carbocycles. The summed E-state index contributed by atoms with van der Waals surface area (Å²) in [5, 5.41) is 4.93. The fraction of sp³-hybridized carbons (Fsp3) is 0.114. The van der Waals surface area contributed by atoms with Crippen LogP contribution in [0.3, 0.4) is 0 Å². The van der Waals surface area contributed by atoms with Crippen LogP contribution in [0.2, 0.25) is 0 Å². The Morgan fingerprint density at radius 2 is 1.57 bits per heavy atom. The molecule has 7 heteroatoms. The van der Waals surface area contributed by atoms with Crippen molar-refractivity contribution in [3.63, 3.8) is 0 Å². The van der Waals surface area contributed by atoms with Crippen LogP contribution in [-0.4, -0.2) is 24.9 Å². The molecule has 1 saturated heterocycles. The van der Waals surface area contributed by atoms with Crippen molar-refractivity contribution < 1.29 is 9.53 Å². The maximum absolute atomic E-state index is 13.6. The second-order valence-electron chi connectivity index (χ2n) is 10.2. The summed E-state index contributed by atoms with van der Waals surface area (Å²) in [6, 6.07) is 36.0. The zero-order valence-corrected chi connectivity index (χ0v) is 24.9. The molecule has 6 rings (SSSR count). The quantitative estimate of drug-likeness (QED) is 0.135. The van der Waals surface area contributed by atoms with Crippen LogP contribution in [0, 0.1) is 6.92 Å². The number of thioether (sulfide) groups is 1. The number of amides is 1. The average molecular weight is 588 g/mol. The van der Waals surface area contributed by atoms with Crippen molar-refractivity contribution in [1.82, 2.24) is 14.7 Å². The van der Waals surface area contributed by atoms with Gasteiger partial charge in [-0.15, -0.1) is 0 Å². The monoisotopic (exact) mass is 587 g/mol. The molecular formula is C35H29N3O2S2. The van der Waals surface area contributed by atoms with E-state index in [4.69, 9.17) is 22.1 Å². The predicted molar refractivity (Wildman–Crippen MR) is 174 cm³/mol. The lowest BCUT2D eigenvalue weighted by molar-refractivity contribution is -0.123. The molecule has 0 radical (unpaired) electrons. The largest absolute Gasteiger partial charge is 0.489 e. The van der Waals surface area contributed by atoms with Gasteiger partial charge in [-0.1, -0.05) is 102 Å². The minimum absolute atomic E-state index is 0.0976. The zero-order valence-electron chi connectivity index (χ0n) is 23.3. The molecule has 1 aromatic heterocycles. The van der Waals surface area contributed by atoms with Gasteiger partial charge >= 0.3 is 0 Å². The van der Waals surface area contributed by atoms with Gasteiger partial charge in [0.25, 0.3) is 5.91 Å². The van der Waals surface area contributed by atoms with E-state index in [0.29, 0.717) is 15.8 Å². The van der Waals surface area contributed by atoms with Crippen LogP contribution < -0.4 is 4.74 Å². The van der Waals surface area contributed by atoms with E-state index in [1.807, 2.05) is 109 Å². The lowest BCUT2D eigenvalue weighted by Crippen LogP contribution is -2.30. The van der Waals surface area contributed by atoms with E-state index >= 15 is 0 Å². The SMILES string of the molecule is Cc1ccc(COc2ccc(-c3nn(-c4ccccc4)cc3/C=C3\SC(=S)N(C(C)c4ccccc4)C3=O)cc2)cc1. The molecule has 1 unspecified atom stereocenters. The van der Waals surface area contributed by atoms with Gasteiger partial charge in [0.1, 0.15) is 16.7 Å². The number of rotatable bonds is 8. The molecule has 1 atom stereocenters. The summed E-state index contributed by atoms with van der Waals surface area (Å²) in [5.74, 6) is 0.679. The van der Waals surface area contributed by atoms with E-state index in [9.17, 15) is 4.79 Å². The van der Waals surface area contributed by atoms with E-state index in [1.165, 1.54) is 17.3 Å². The highest BCUT2D eigenvalue weighted by Gasteiger charge is 2.36. The fourth-order valence-corrected chi connectivity index (χ4v) is 6.24. The van der Waals surface area contributed by atoms with Gasteiger partial charge in [0, 0.05) is 17.3 Å². The summed E-state index contributed by atoms with van der Waals surface area (Å²) in [6.45, 7) is 4.57. The smallest absolute Gasteiger partial charge is 0.266 e. The van der Waals surface area contributed by atoms with E-state index < -0.39 is 0 Å². The number of ether oxygens (including phenoxy) is 1. The highest BCUT2D eigenvalue weighted by molar-refractivity contribution is 8.26. The molecule has 208 valence electrons. The Morgan fingerprint density at radius 1 is 0.905 bits per heavy atom. The van der Waals surface area contributed by atoms with Crippen LogP contribution in [0.25, 0.3) is 23.0 Å². The third-order valence-corrected chi connectivity index (χ3v) is 8.53. The molecule has 1 amide bonds. The molecule has 0 N–H and O–H groups in total. The van der Waals surface area contributed by atoms with E-state index in [1.54, 1.807) is 4.90 Å². The zero-order chi connectivity index (χ0) is 29.1. The van der Waals surface area contributed by atoms with Gasteiger partial charge in [-0.05, 0) is 67.4 Å². The molecule has 0 saturated carbocycles. The van der Waals surface area contributed by atoms with Gasteiger partial charge < -0.3 is 4.74 Å². The number of aryl methyl sites for hydroxylation is 1. The van der Waals surface area contributed by atoms with Gasteiger partial charge in [-0.25, -0.2) is 4.68 Å². The van der Waals surface area contributed by atoms with Crippen LogP contribution in [0.5, 0.6) is 5.75 Å². The Balaban J connectivity index is 1.30. The highest BCUT2D eigenvalue weighted by Crippen LogP contribution is 2.39. The van der Waals surface area contributed by atoms with Crippen molar-refractivity contribution in [2.24, 2.45) is 0 Å². The van der Waals surface area contributed by atoms with Gasteiger partial charge in [-0.3, -0.25) is 9.69 Å². The Hall–Kier alpha value is -4.46. The van der Waals surface area contributed by atoms with Gasteiger partial charge in [0.15, 0.2) is 0 Å². The number of hydrogen-bond acceptors (Lipinski definition) is 5. The Bertz CT molecular complexity index is 1750. The number of benzene rings is 4. The van der Waals surface area contributed by atoms with Gasteiger partial charge in [-0.2, -0.15) is 5.10 Å². The van der Waals surface area contributed by atoms with Crippen molar-refractivity contribution in [2.75, 3.05) is 0 Å². The number of aromatic nitrogens is 2. The standard InChI is InChI=1S/C35H29N3O2S2/c1-24-13-15-26(16-14-24)23-40-31-19-17-28(18-20-31)33-29(22-37(36-33)30-11-7-4-8-12-30)21-32-34(39)38(35(41)42-32)25(2)27-9-5-3-6-10-27/h3-22,25H,23H2,1-2H3/b32-21-. The van der Waals surface area contributed by atoms with Crippen molar-refractivity contribution in [3.8, 4) is 22.7 Å². The van der Waals surface area contributed by atoms with Crippen LogP contribution in [0.15, 0.2) is 120 Å². The molecule has 0 bridgehead atoms. The minimum Gasteiger partial charge on any atom is -0.489 e. The molecule has 2 heterocycles. The van der Waals surface area contributed by atoms with Crippen LogP contribution in [-0.2, 0) is 11.4 Å². The minimum atomic E-state index is -0.163. The van der Waals surface area contributed by atoms with Crippen LogP contribution in [0.1, 0.15) is 35.2 Å². The number of thiocarbonyl (C=S) groups is 1. The van der Waals surface area contributed by atoms with E-state index in [0.717, 1.165) is 39.4 Å². The molecular weight excluding hydrogens is 559 g/mol. The van der Waals surface area contributed by atoms with E-state index in [2.05, 4.69) is 31.2 Å². The van der Waals surface area contributed by atoms with Crippen molar-refractivity contribution in [2.45, 2.75) is 26.5 Å². The second-order valence-corrected chi connectivity index (χ2v) is 11.8. The van der Waals surface area contributed by atoms with E-state index in [-0.39, 0.29) is 11.9 Å². The number of hydrogen-bond donors (Lipinski definition) is 0. The maximum Gasteiger partial charge on any atom is 0.266 e. The number of para-hydroxylation sites is 1. The highest BCUT2D eigenvalue weighted by atomic mass is 32.2. The maximum atomic E-state index is 13.6. The first-order valence-corrected chi connectivity index (χ1v) is 14.9. The summed E-state index contributed by atoms with van der Waals surface area (Å²) in [6.07, 6.45) is 3.86. The predicted octanol–water partition coefficient (Wildman–Crippen LogP) is 8.39. The first-order valence-electron chi connectivity index (χ1n) is 13.7. The third kappa shape index (κ3) is 5.93. The fourth-order valence-electron chi connectivity index (χ4n) is 4.83. The lowest BCUT2D eigenvalue weighted by atomic mass is 10.1. The summed E-state index contributed by atoms with van der Waals surface area (Å²) in [7, 11) is 0. The van der Waals surface area contributed by atoms with Gasteiger partial charge in [0.05, 0.1) is 22.3 Å². The molecule has 5 aromatic rings. The summed E-state index contributed by atoms with van der Waals surface area (Å²) < 4.78 is 8.42. The Labute approximate surface area is 255 Å². The van der Waals surface area contributed by atoms with Gasteiger partial charge in [0.2, 0.25) is 0 Å². The molecule has 5 nitrogen and oxygen atoms in total. The average Bonchev–Trinajstić information content (AvgIpc) is 3.57. The molecule has 0 spiro atoms. The lowest BCUT2D eigenvalue weighted by Gasteiger charge is -2.23. The molecule has 42 heavy (non-hydrogen) atoms. The molecule has 4 aromatic carbocycles. The Kier molecular flexibility index (Phi) is 8.04. The van der Waals surface area contributed by atoms with Crippen LogP contribution >= 0.6 is 24.0 Å². The Morgan fingerprint density at radius 3 is 2.26 bits per heavy atom. The molecule has 1 aliphatic heterocycles. The summed E-state index contributed by atoms with van der Waals surface area (Å²) in [4.78, 5) is 15.9. The number of carbonyl (C=O) groups is 1. The van der Waals surface area contributed by atoms with Crippen LogP contribution in [0.4, 0.5) is 0 Å². The normalized spacial score (nSPS) is 14.9. The number of nitrogens with zero attached hydrogens (tertiary/aromatic N) is 3. The first-order chi connectivity index (χ1) is 20.5. The summed E-state index contributed by atoms with van der Waals surface area (Å²) in [5.41, 5.74) is 6.84. The molecule has 1 aliphatic rings. The summed E-state index contributed by atoms with van der Waals surface area (Å²) >= 11 is 7.00. The molecule has 1 fully saturated rings. The van der Waals surface area contributed by atoms with Crippen molar-refractivity contribution >= 4 is 40.3 Å². The topological polar surface area (TPSA) is 47.4 Å². The third-order valence-electron chi connectivity index (χ3n) is 7.20. The second kappa shape index (κ2) is 12.2.